The van der Waals surface area contributed by atoms with Gasteiger partial charge in [0.2, 0.25) is 0 Å². The number of hydrogen-bond donors (Lipinski definition) is 0. The maximum atomic E-state index is 11.6. The van der Waals surface area contributed by atoms with Crippen LogP contribution in [0.1, 0.15) is 122 Å². The standard InChI is InChI=1S/C26H46O4/c1-2-3-4-5-6-7-8-9-10-11-12-13-14-17-22-29-25(27)20-21-26(28)30-23-24-18-15-16-19-24/h20-21,24H,2-19,22-23H2,1H3/b21-20+. The number of carbonyl (C=O) groups excluding carboxylic acids is 2. The molecule has 4 heteroatoms. The molecule has 0 spiro atoms. The van der Waals surface area contributed by atoms with E-state index in [1.54, 1.807) is 0 Å². The van der Waals surface area contributed by atoms with Crippen molar-refractivity contribution in [2.24, 2.45) is 5.92 Å². The maximum Gasteiger partial charge on any atom is 0.331 e. The SMILES string of the molecule is CCCCCCCCCCCCCCCCOC(=O)/C=C/C(=O)OCC1CCCC1. The minimum atomic E-state index is -0.456. The lowest BCUT2D eigenvalue weighted by atomic mass is 10.0. The zero-order chi connectivity index (χ0) is 21.7. The second kappa shape index (κ2) is 19.6. The summed E-state index contributed by atoms with van der Waals surface area (Å²) < 4.78 is 10.3. The second-order valence-electron chi connectivity index (χ2n) is 8.88. The summed E-state index contributed by atoms with van der Waals surface area (Å²) >= 11 is 0. The molecule has 0 amide bonds. The molecular formula is C26H46O4. The molecule has 4 nitrogen and oxygen atoms in total. The Morgan fingerprint density at radius 1 is 0.667 bits per heavy atom. The lowest BCUT2D eigenvalue weighted by Crippen LogP contribution is -2.10. The molecule has 1 aliphatic carbocycles. The second-order valence-corrected chi connectivity index (χ2v) is 8.88. The molecule has 1 aliphatic rings. The number of esters is 2. The van der Waals surface area contributed by atoms with Crippen LogP contribution < -0.4 is 0 Å². The summed E-state index contributed by atoms with van der Waals surface area (Å²) in [6.45, 7) is 3.17. The molecule has 0 aromatic carbocycles. The van der Waals surface area contributed by atoms with Gasteiger partial charge >= 0.3 is 11.9 Å². The van der Waals surface area contributed by atoms with Crippen molar-refractivity contribution in [1.82, 2.24) is 0 Å². The Kier molecular flexibility index (Phi) is 17.5. The minimum Gasteiger partial charge on any atom is -0.463 e. The van der Waals surface area contributed by atoms with Gasteiger partial charge in [0.1, 0.15) is 0 Å². The van der Waals surface area contributed by atoms with Crippen molar-refractivity contribution < 1.29 is 19.1 Å². The summed E-state index contributed by atoms with van der Waals surface area (Å²) in [6, 6.07) is 0. The minimum absolute atomic E-state index is 0.429. The van der Waals surface area contributed by atoms with E-state index >= 15 is 0 Å². The fourth-order valence-electron chi connectivity index (χ4n) is 4.08. The van der Waals surface area contributed by atoms with E-state index in [9.17, 15) is 9.59 Å². The summed E-state index contributed by atoms with van der Waals surface area (Å²) in [5.41, 5.74) is 0. The van der Waals surface area contributed by atoms with Crippen molar-refractivity contribution in [3.8, 4) is 0 Å². The Bertz CT molecular complexity index is 452. The largest absolute Gasteiger partial charge is 0.463 e. The highest BCUT2D eigenvalue weighted by Crippen LogP contribution is 2.24. The third kappa shape index (κ3) is 16.5. The predicted octanol–water partition coefficient (Wildman–Crippen LogP) is 7.30. The van der Waals surface area contributed by atoms with Gasteiger partial charge in [0.25, 0.3) is 0 Å². The monoisotopic (exact) mass is 422 g/mol. The molecule has 0 unspecified atom stereocenters. The lowest BCUT2D eigenvalue weighted by Gasteiger charge is -2.07. The van der Waals surface area contributed by atoms with Crippen molar-refractivity contribution in [2.45, 2.75) is 122 Å². The van der Waals surface area contributed by atoms with Gasteiger partial charge in [-0.25, -0.2) is 9.59 Å². The van der Waals surface area contributed by atoms with Gasteiger partial charge in [-0.3, -0.25) is 0 Å². The molecule has 0 N–H and O–H groups in total. The van der Waals surface area contributed by atoms with E-state index in [1.165, 1.54) is 102 Å². The van der Waals surface area contributed by atoms with Crippen molar-refractivity contribution in [1.29, 1.82) is 0 Å². The molecule has 0 aliphatic heterocycles. The van der Waals surface area contributed by atoms with Crippen LogP contribution in [0.5, 0.6) is 0 Å². The number of carbonyl (C=O) groups is 2. The average Bonchev–Trinajstić information content (AvgIpc) is 3.27. The van der Waals surface area contributed by atoms with E-state index in [4.69, 9.17) is 9.47 Å². The van der Waals surface area contributed by atoms with E-state index in [0.717, 1.165) is 25.7 Å². The molecule has 0 bridgehead atoms. The molecule has 0 aromatic heterocycles. The van der Waals surface area contributed by atoms with Crippen LogP contribution in [0, 0.1) is 5.92 Å². The van der Waals surface area contributed by atoms with Crippen molar-refractivity contribution >= 4 is 11.9 Å². The number of unbranched alkanes of at least 4 members (excludes halogenated alkanes) is 13. The first kappa shape index (κ1) is 26.7. The number of rotatable bonds is 19. The normalized spacial score (nSPS) is 14.4. The van der Waals surface area contributed by atoms with Crippen LogP contribution in [-0.4, -0.2) is 25.2 Å². The van der Waals surface area contributed by atoms with Gasteiger partial charge in [0.15, 0.2) is 0 Å². The Labute approximate surface area is 185 Å². The first-order chi connectivity index (χ1) is 14.7. The topological polar surface area (TPSA) is 52.6 Å². The number of hydrogen-bond acceptors (Lipinski definition) is 4. The molecule has 0 aromatic rings. The lowest BCUT2D eigenvalue weighted by molar-refractivity contribution is -0.141. The van der Waals surface area contributed by atoms with E-state index in [1.807, 2.05) is 0 Å². The van der Waals surface area contributed by atoms with Gasteiger partial charge in [-0.05, 0) is 25.2 Å². The van der Waals surface area contributed by atoms with Crippen LogP contribution in [0.2, 0.25) is 0 Å². The van der Waals surface area contributed by atoms with E-state index in [0.29, 0.717) is 19.1 Å². The van der Waals surface area contributed by atoms with Crippen LogP contribution in [0.3, 0.4) is 0 Å². The van der Waals surface area contributed by atoms with Gasteiger partial charge in [0, 0.05) is 12.2 Å². The summed E-state index contributed by atoms with van der Waals surface area (Å²) in [5, 5.41) is 0. The fourth-order valence-corrected chi connectivity index (χ4v) is 4.08. The molecule has 0 heterocycles. The van der Waals surface area contributed by atoms with Crippen LogP contribution >= 0.6 is 0 Å². The molecule has 0 atom stereocenters. The van der Waals surface area contributed by atoms with Gasteiger partial charge in [0.05, 0.1) is 13.2 Å². The van der Waals surface area contributed by atoms with E-state index < -0.39 is 11.9 Å². The molecule has 0 saturated heterocycles. The van der Waals surface area contributed by atoms with Gasteiger partial charge in [-0.15, -0.1) is 0 Å². The van der Waals surface area contributed by atoms with E-state index in [2.05, 4.69) is 6.92 Å². The predicted molar refractivity (Wildman–Crippen MR) is 123 cm³/mol. The highest BCUT2D eigenvalue weighted by atomic mass is 16.5. The maximum absolute atomic E-state index is 11.6. The Hall–Kier alpha value is -1.32. The van der Waals surface area contributed by atoms with Crippen molar-refractivity contribution in [3.63, 3.8) is 0 Å². The Morgan fingerprint density at radius 3 is 1.60 bits per heavy atom. The Morgan fingerprint density at radius 2 is 1.10 bits per heavy atom. The summed E-state index contributed by atoms with van der Waals surface area (Å²) in [5.74, 6) is -0.410. The average molecular weight is 423 g/mol. The Balaban J connectivity index is 1.81. The third-order valence-electron chi connectivity index (χ3n) is 6.03. The molecular weight excluding hydrogens is 376 g/mol. The van der Waals surface area contributed by atoms with Crippen molar-refractivity contribution in [2.75, 3.05) is 13.2 Å². The molecule has 174 valence electrons. The van der Waals surface area contributed by atoms with Gasteiger partial charge in [-0.1, -0.05) is 103 Å². The summed E-state index contributed by atoms with van der Waals surface area (Å²) in [6.07, 6.45) is 25.4. The quantitative estimate of drug-likeness (QED) is 0.124. The van der Waals surface area contributed by atoms with Crippen LogP contribution in [-0.2, 0) is 19.1 Å². The molecule has 1 rings (SSSR count). The highest BCUT2D eigenvalue weighted by molar-refractivity contribution is 5.91. The summed E-state index contributed by atoms with van der Waals surface area (Å²) in [7, 11) is 0. The van der Waals surface area contributed by atoms with E-state index in [-0.39, 0.29) is 0 Å². The molecule has 0 radical (unpaired) electrons. The van der Waals surface area contributed by atoms with Gasteiger partial charge in [-0.2, -0.15) is 0 Å². The van der Waals surface area contributed by atoms with Crippen molar-refractivity contribution in [3.05, 3.63) is 12.2 Å². The first-order valence-corrected chi connectivity index (χ1v) is 12.7. The molecule has 30 heavy (non-hydrogen) atoms. The zero-order valence-electron chi connectivity index (χ0n) is 19.5. The highest BCUT2D eigenvalue weighted by Gasteiger charge is 2.16. The third-order valence-corrected chi connectivity index (χ3v) is 6.03. The fraction of sp³-hybridized carbons (Fsp3) is 0.846. The van der Waals surface area contributed by atoms with Crippen LogP contribution in [0.4, 0.5) is 0 Å². The zero-order valence-corrected chi connectivity index (χ0v) is 19.5. The molecule has 1 fully saturated rings. The van der Waals surface area contributed by atoms with Crippen LogP contribution in [0.25, 0.3) is 0 Å². The number of ether oxygens (including phenoxy) is 2. The van der Waals surface area contributed by atoms with Gasteiger partial charge < -0.3 is 9.47 Å². The van der Waals surface area contributed by atoms with Crippen LogP contribution in [0.15, 0.2) is 12.2 Å². The smallest absolute Gasteiger partial charge is 0.331 e. The first-order valence-electron chi connectivity index (χ1n) is 12.7. The summed E-state index contributed by atoms with van der Waals surface area (Å²) in [4.78, 5) is 23.2. The molecule has 1 saturated carbocycles.